The second kappa shape index (κ2) is 3.38. The van der Waals surface area contributed by atoms with E-state index in [1.54, 1.807) is 0 Å². The SMILES string of the molecule is [CH]COc1c(OC[CH])c(=O)c1=O. The number of hydrogen-bond donors (Lipinski definition) is 0. The second-order valence-corrected chi connectivity index (χ2v) is 1.94. The smallest absolute Gasteiger partial charge is 0.275 e. The summed E-state index contributed by atoms with van der Waals surface area (Å²) in [4.78, 5) is 21.5. The number of rotatable bonds is 4. The summed E-state index contributed by atoms with van der Waals surface area (Å²) in [6.07, 6.45) is 0. The van der Waals surface area contributed by atoms with Gasteiger partial charge in [0.25, 0.3) is 10.9 Å². The van der Waals surface area contributed by atoms with Gasteiger partial charge in [0.05, 0.1) is 13.2 Å². The summed E-state index contributed by atoms with van der Waals surface area (Å²) in [5.41, 5.74) is -1.44. The van der Waals surface area contributed by atoms with Crippen LogP contribution in [0.2, 0.25) is 0 Å². The Bertz CT molecular complexity index is 299. The molecule has 4 radical (unpaired) electrons. The van der Waals surface area contributed by atoms with Crippen LogP contribution in [-0.2, 0) is 0 Å². The summed E-state index contributed by atoms with van der Waals surface area (Å²) in [5, 5.41) is 0. The minimum absolute atomic E-state index is 0.132. The van der Waals surface area contributed by atoms with Crippen LogP contribution in [0, 0.1) is 13.8 Å². The number of ether oxygens (including phenoxy) is 2. The summed E-state index contributed by atoms with van der Waals surface area (Å²) >= 11 is 0. The highest BCUT2D eigenvalue weighted by Crippen LogP contribution is 2.19. The molecule has 0 aromatic heterocycles. The quantitative estimate of drug-likeness (QED) is 0.564. The molecule has 0 unspecified atom stereocenters. The molecule has 4 heteroatoms. The summed E-state index contributed by atoms with van der Waals surface area (Å²) in [5.74, 6) is -0.263. The van der Waals surface area contributed by atoms with Crippen molar-refractivity contribution in [2.75, 3.05) is 13.2 Å². The van der Waals surface area contributed by atoms with Gasteiger partial charge in [-0.25, -0.2) is 0 Å². The van der Waals surface area contributed by atoms with Crippen LogP contribution in [0.3, 0.4) is 0 Å². The Morgan fingerprint density at radius 1 is 0.917 bits per heavy atom. The van der Waals surface area contributed by atoms with E-state index in [9.17, 15) is 9.59 Å². The van der Waals surface area contributed by atoms with Gasteiger partial charge in [-0.3, -0.25) is 9.59 Å². The molecule has 0 amide bonds. The maximum Gasteiger partial charge on any atom is 0.275 e. The van der Waals surface area contributed by atoms with E-state index in [0.717, 1.165) is 0 Å². The summed E-state index contributed by atoms with van der Waals surface area (Å²) < 4.78 is 9.26. The maximum atomic E-state index is 10.7. The summed E-state index contributed by atoms with van der Waals surface area (Å²) in [6.45, 7) is 9.65. The van der Waals surface area contributed by atoms with E-state index in [4.69, 9.17) is 13.8 Å². The van der Waals surface area contributed by atoms with E-state index in [1.807, 2.05) is 0 Å². The van der Waals surface area contributed by atoms with Crippen molar-refractivity contribution in [2.45, 2.75) is 0 Å². The highest BCUT2D eigenvalue weighted by molar-refractivity contribution is 5.45. The molecular formula is C8H6O4. The predicted molar refractivity (Wildman–Crippen MR) is 40.9 cm³/mol. The molecule has 0 aliphatic rings. The lowest BCUT2D eigenvalue weighted by Gasteiger charge is -2.09. The summed E-state index contributed by atoms with van der Waals surface area (Å²) in [7, 11) is 0. The first-order chi connectivity index (χ1) is 5.72. The van der Waals surface area contributed by atoms with E-state index in [2.05, 4.69) is 9.47 Å². The maximum absolute atomic E-state index is 10.7. The second-order valence-electron chi connectivity index (χ2n) is 1.94. The lowest BCUT2D eigenvalue weighted by atomic mass is 10.2. The number of hydrogen-bond acceptors (Lipinski definition) is 4. The van der Waals surface area contributed by atoms with Gasteiger partial charge >= 0.3 is 0 Å². The van der Waals surface area contributed by atoms with Gasteiger partial charge in [-0.05, 0) is 0 Å². The van der Waals surface area contributed by atoms with Gasteiger partial charge in [0.1, 0.15) is 0 Å². The van der Waals surface area contributed by atoms with Gasteiger partial charge in [-0.1, -0.05) is 0 Å². The van der Waals surface area contributed by atoms with E-state index < -0.39 is 10.9 Å². The molecule has 1 aromatic rings. The Kier molecular flexibility index (Phi) is 2.47. The molecule has 1 aromatic carbocycles. The first kappa shape index (κ1) is 8.77. The van der Waals surface area contributed by atoms with Crippen molar-refractivity contribution in [1.82, 2.24) is 0 Å². The van der Waals surface area contributed by atoms with E-state index in [0.29, 0.717) is 0 Å². The third-order valence-corrected chi connectivity index (χ3v) is 1.28. The Morgan fingerprint density at radius 2 is 1.25 bits per heavy atom. The Hall–Kier alpha value is -1.32. The molecule has 0 aliphatic heterocycles. The zero-order valence-corrected chi connectivity index (χ0v) is 6.20. The molecule has 1 rings (SSSR count). The Balaban J connectivity index is 2.89. The van der Waals surface area contributed by atoms with E-state index >= 15 is 0 Å². The van der Waals surface area contributed by atoms with E-state index in [-0.39, 0.29) is 24.7 Å². The van der Waals surface area contributed by atoms with Crippen LogP contribution in [0.15, 0.2) is 9.59 Å². The van der Waals surface area contributed by atoms with Crippen LogP contribution in [0.5, 0.6) is 11.5 Å². The fourth-order valence-corrected chi connectivity index (χ4v) is 0.779. The fourth-order valence-electron chi connectivity index (χ4n) is 0.779. The van der Waals surface area contributed by atoms with Crippen molar-refractivity contribution >= 4 is 0 Å². The molecule has 0 aliphatic carbocycles. The fraction of sp³-hybridized carbons (Fsp3) is 0.250. The minimum atomic E-state index is -0.719. The molecule has 0 bridgehead atoms. The Labute approximate surface area is 69.4 Å². The van der Waals surface area contributed by atoms with Crippen molar-refractivity contribution in [1.29, 1.82) is 0 Å². The predicted octanol–water partition coefficient (Wildman–Crippen LogP) is -0.538. The first-order valence-electron chi connectivity index (χ1n) is 3.21. The van der Waals surface area contributed by atoms with Gasteiger partial charge in [-0.2, -0.15) is 0 Å². The van der Waals surface area contributed by atoms with Gasteiger partial charge in [0.2, 0.25) is 11.5 Å². The molecule has 0 saturated heterocycles. The molecular weight excluding hydrogens is 160 g/mol. The van der Waals surface area contributed by atoms with Gasteiger partial charge in [-0.15, -0.1) is 0 Å². The van der Waals surface area contributed by atoms with Crippen LogP contribution < -0.4 is 20.3 Å². The molecule has 12 heavy (non-hydrogen) atoms. The van der Waals surface area contributed by atoms with Crippen LogP contribution in [0.25, 0.3) is 0 Å². The Morgan fingerprint density at radius 3 is 1.50 bits per heavy atom. The van der Waals surface area contributed by atoms with Crippen molar-refractivity contribution in [3.63, 3.8) is 0 Å². The van der Waals surface area contributed by atoms with Crippen LogP contribution >= 0.6 is 0 Å². The first-order valence-corrected chi connectivity index (χ1v) is 3.21. The normalized spacial score (nSPS) is 10.2. The lowest BCUT2D eigenvalue weighted by molar-refractivity contribution is 0.292. The highest BCUT2D eigenvalue weighted by Gasteiger charge is 2.23. The monoisotopic (exact) mass is 166 g/mol. The van der Waals surface area contributed by atoms with Crippen molar-refractivity contribution < 1.29 is 9.47 Å². The molecule has 0 saturated carbocycles. The molecule has 0 fully saturated rings. The third-order valence-electron chi connectivity index (χ3n) is 1.28. The van der Waals surface area contributed by atoms with Crippen LogP contribution in [0.1, 0.15) is 0 Å². The molecule has 62 valence electrons. The lowest BCUT2D eigenvalue weighted by Crippen LogP contribution is -2.34. The van der Waals surface area contributed by atoms with Gasteiger partial charge < -0.3 is 9.47 Å². The van der Waals surface area contributed by atoms with Crippen molar-refractivity contribution in [3.05, 3.63) is 34.3 Å². The largest absolute Gasteiger partial charge is 0.486 e. The molecule has 4 nitrogen and oxygen atoms in total. The third kappa shape index (κ3) is 1.20. The van der Waals surface area contributed by atoms with Crippen LogP contribution in [0.4, 0.5) is 0 Å². The van der Waals surface area contributed by atoms with Crippen LogP contribution in [-0.4, -0.2) is 13.2 Å². The molecule has 0 heterocycles. The molecule has 0 spiro atoms. The van der Waals surface area contributed by atoms with Crippen molar-refractivity contribution in [3.8, 4) is 11.5 Å². The van der Waals surface area contributed by atoms with E-state index in [1.165, 1.54) is 0 Å². The average molecular weight is 166 g/mol. The minimum Gasteiger partial charge on any atom is -0.486 e. The van der Waals surface area contributed by atoms with Gasteiger partial charge in [0.15, 0.2) is 0 Å². The zero-order valence-electron chi connectivity index (χ0n) is 6.20. The average Bonchev–Trinajstić information content (AvgIpc) is 2.10. The topological polar surface area (TPSA) is 52.6 Å². The molecule has 0 N–H and O–H groups in total. The van der Waals surface area contributed by atoms with Crippen molar-refractivity contribution in [2.24, 2.45) is 0 Å². The van der Waals surface area contributed by atoms with Gasteiger partial charge in [0, 0.05) is 13.8 Å². The molecule has 0 atom stereocenters. The zero-order chi connectivity index (χ0) is 9.14. The summed E-state index contributed by atoms with van der Waals surface area (Å²) in [6, 6.07) is 0. The highest BCUT2D eigenvalue weighted by atomic mass is 16.5. The standard InChI is InChI=1S/C8H6O4/c1-3-11-7-5(9)6(10)8(7)12-4-2/h1-2H,3-4H2.